The first-order valence-corrected chi connectivity index (χ1v) is 10.3. The summed E-state index contributed by atoms with van der Waals surface area (Å²) in [5, 5.41) is 19.6. The van der Waals surface area contributed by atoms with Crippen LogP contribution in [0.25, 0.3) is 0 Å². The molecule has 2 N–H and O–H groups in total. The number of carboxylic acid groups (broad SMARTS) is 1. The molecule has 1 aliphatic rings. The summed E-state index contributed by atoms with van der Waals surface area (Å²) in [6, 6.07) is 0. The van der Waals surface area contributed by atoms with Gasteiger partial charge in [0, 0.05) is 5.57 Å². The third kappa shape index (κ3) is 6.31. The maximum atomic E-state index is 12.8. The summed E-state index contributed by atoms with van der Waals surface area (Å²) in [5.41, 5.74) is 3.34. The molecule has 0 aromatic heterocycles. The zero-order chi connectivity index (χ0) is 22.4. The highest BCUT2D eigenvalue weighted by Crippen LogP contribution is 2.43. The Balaban J connectivity index is 2.84. The standard InChI is InChI=1S/C25H36O4/c1-16(2)10-8-11-17(3)12-9-13-18(4)14-15-25(7)20(6)21(24(28)29)22(26)19(5)23(25)27/h10,12,14,26H,8-9,11,13,15H2,1-7H3,(H,28,29)/b17-12+,18-14+/t25-/m1/s1. The summed E-state index contributed by atoms with van der Waals surface area (Å²) < 4.78 is 0. The van der Waals surface area contributed by atoms with Crippen molar-refractivity contribution in [3.63, 3.8) is 0 Å². The van der Waals surface area contributed by atoms with Gasteiger partial charge >= 0.3 is 5.97 Å². The number of carboxylic acids is 1. The smallest absolute Gasteiger partial charge is 0.339 e. The van der Waals surface area contributed by atoms with Crippen molar-refractivity contribution >= 4 is 11.8 Å². The van der Waals surface area contributed by atoms with Gasteiger partial charge in [-0.15, -0.1) is 0 Å². The van der Waals surface area contributed by atoms with Crippen LogP contribution in [-0.4, -0.2) is 22.0 Å². The predicted molar refractivity (Wildman–Crippen MR) is 119 cm³/mol. The molecule has 160 valence electrons. The molecule has 4 nitrogen and oxygen atoms in total. The number of Topliss-reactive ketones (excluding diaryl/α,β-unsaturated/α-hetero) is 1. The molecule has 0 aromatic carbocycles. The Labute approximate surface area is 175 Å². The van der Waals surface area contributed by atoms with Gasteiger partial charge in [-0.3, -0.25) is 4.79 Å². The zero-order valence-corrected chi connectivity index (χ0v) is 19.0. The van der Waals surface area contributed by atoms with Gasteiger partial charge in [0.15, 0.2) is 5.78 Å². The van der Waals surface area contributed by atoms with Crippen LogP contribution in [0.15, 0.2) is 57.4 Å². The Morgan fingerprint density at radius 3 is 2.00 bits per heavy atom. The highest BCUT2D eigenvalue weighted by atomic mass is 16.4. The Kier molecular flexibility index (Phi) is 8.87. The molecule has 0 heterocycles. The minimum absolute atomic E-state index is 0.122. The minimum Gasteiger partial charge on any atom is -0.507 e. The number of allylic oxidation sites excluding steroid dienone is 8. The van der Waals surface area contributed by atoms with Crippen LogP contribution in [0.1, 0.15) is 80.6 Å². The van der Waals surface area contributed by atoms with Crippen LogP contribution in [0.2, 0.25) is 0 Å². The van der Waals surface area contributed by atoms with E-state index in [4.69, 9.17) is 0 Å². The average Bonchev–Trinajstić information content (AvgIpc) is 2.63. The molecule has 4 heteroatoms. The van der Waals surface area contributed by atoms with Crippen molar-refractivity contribution in [2.24, 2.45) is 5.41 Å². The Bertz CT molecular complexity index is 814. The summed E-state index contributed by atoms with van der Waals surface area (Å²) in [6.45, 7) is 13.3. The van der Waals surface area contributed by atoms with Gasteiger partial charge in [-0.05, 0) is 86.1 Å². The first-order valence-electron chi connectivity index (χ1n) is 10.3. The van der Waals surface area contributed by atoms with E-state index in [1.54, 1.807) is 13.8 Å². The second kappa shape index (κ2) is 10.4. The molecule has 0 spiro atoms. The van der Waals surface area contributed by atoms with Crippen LogP contribution in [0.4, 0.5) is 0 Å². The number of carbonyl (C=O) groups excluding carboxylic acids is 1. The number of aliphatic hydroxyl groups is 1. The molecule has 0 bridgehead atoms. The van der Waals surface area contributed by atoms with Crippen LogP contribution in [-0.2, 0) is 9.59 Å². The van der Waals surface area contributed by atoms with Gasteiger partial charge in [0.2, 0.25) is 0 Å². The van der Waals surface area contributed by atoms with Gasteiger partial charge in [0.05, 0.1) is 5.41 Å². The van der Waals surface area contributed by atoms with E-state index in [1.807, 2.05) is 13.0 Å². The van der Waals surface area contributed by atoms with Crippen molar-refractivity contribution in [1.29, 1.82) is 0 Å². The molecule has 1 rings (SSSR count). The Hall–Kier alpha value is -2.36. The normalized spacial score (nSPS) is 21.0. The number of hydrogen-bond donors (Lipinski definition) is 2. The highest BCUT2D eigenvalue weighted by Gasteiger charge is 2.43. The van der Waals surface area contributed by atoms with Gasteiger partial charge in [0.25, 0.3) is 0 Å². The summed E-state index contributed by atoms with van der Waals surface area (Å²) in [6.07, 6.45) is 11.0. The average molecular weight is 401 g/mol. The first kappa shape index (κ1) is 24.7. The third-order valence-electron chi connectivity index (χ3n) is 5.83. The van der Waals surface area contributed by atoms with E-state index in [0.717, 1.165) is 25.7 Å². The second-order valence-electron chi connectivity index (χ2n) is 8.60. The quantitative estimate of drug-likeness (QED) is 0.427. The van der Waals surface area contributed by atoms with Gasteiger partial charge in [-0.25, -0.2) is 4.79 Å². The monoisotopic (exact) mass is 400 g/mol. The highest BCUT2D eigenvalue weighted by molar-refractivity contribution is 6.08. The molecule has 0 aromatic rings. The van der Waals surface area contributed by atoms with Gasteiger partial charge < -0.3 is 10.2 Å². The molecule has 1 aliphatic carbocycles. The lowest BCUT2D eigenvalue weighted by Gasteiger charge is -2.34. The van der Waals surface area contributed by atoms with E-state index in [9.17, 15) is 19.8 Å². The fourth-order valence-electron chi connectivity index (χ4n) is 3.56. The number of hydrogen-bond acceptors (Lipinski definition) is 3. The van der Waals surface area contributed by atoms with Crippen LogP contribution in [0, 0.1) is 5.41 Å². The number of aliphatic carboxylic acids is 1. The molecule has 1 atom stereocenters. The van der Waals surface area contributed by atoms with Crippen molar-refractivity contribution in [3.05, 3.63) is 57.4 Å². The van der Waals surface area contributed by atoms with Crippen molar-refractivity contribution in [1.82, 2.24) is 0 Å². The summed E-state index contributed by atoms with van der Waals surface area (Å²) in [5.74, 6) is -1.82. The summed E-state index contributed by atoms with van der Waals surface area (Å²) >= 11 is 0. The maximum absolute atomic E-state index is 12.8. The maximum Gasteiger partial charge on any atom is 0.339 e. The number of carbonyl (C=O) groups is 2. The van der Waals surface area contributed by atoms with Crippen LogP contribution < -0.4 is 0 Å². The van der Waals surface area contributed by atoms with Crippen molar-refractivity contribution < 1.29 is 19.8 Å². The lowest BCUT2D eigenvalue weighted by atomic mass is 9.68. The van der Waals surface area contributed by atoms with Gasteiger partial charge in [-0.1, -0.05) is 34.9 Å². The third-order valence-corrected chi connectivity index (χ3v) is 5.83. The fraction of sp³-hybridized carbons (Fsp3) is 0.520. The van der Waals surface area contributed by atoms with Crippen molar-refractivity contribution in [2.75, 3.05) is 0 Å². The SMILES string of the molecule is CC(C)=CCC/C(C)=C/CC/C(C)=C/C[C@@]1(C)C(=O)C(C)=C(O)C(C(=O)O)=C1C. The molecular formula is C25H36O4. The Morgan fingerprint density at radius 2 is 1.48 bits per heavy atom. The molecule has 0 saturated heterocycles. The molecule has 0 radical (unpaired) electrons. The van der Waals surface area contributed by atoms with Crippen molar-refractivity contribution in [3.8, 4) is 0 Å². The lowest BCUT2D eigenvalue weighted by molar-refractivity contribution is -0.133. The predicted octanol–water partition coefficient (Wildman–Crippen LogP) is 6.62. The largest absolute Gasteiger partial charge is 0.507 e. The van der Waals surface area contributed by atoms with Gasteiger partial charge in [0.1, 0.15) is 11.3 Å². The lowest BCUT2D eigenvalue weighted by Crippen LogP contribution is -2.36. The molecule has 0 amide bonds. The number of ketones is 1. The van der Waals surface area contributed by atoms with Crippen LogP contribution in [0.3, 0.4) is 0 Å². The van der Waals surface area contributed by atoms with Crippen LogP contribution in [0.5, 0.6) is 0 Å². The van der Waals surface area contributed by atoms with E-state index >= 15 is 0 Å². The molecule has 0 unspecified atom stereocenters. The summed E-state index contributed by atoms with van der Waals surface area (Å²) in [4.78, 5) is 24.4. The summed E-state index contributed by atoms with van der Waals surface area (Å²) in [7, 11) is 0. The topological polar surface area (TPSA) is 74.6 Å². The first-order chi connectivity index (χ1) is 13.4. The van der Waals surface area contributed by atoms with E-state index in [-0.39, 0.29) is 16.9 Å². The molecular weight excluding hydrogens is 364 g/mol. The molecule has 0 saturated carbocycles. The van der Waals surface area contributed by atoms with Crippen LogP contribution >= 0.6 is 0 Å². The van der Waals surface area contributed by atoms with E-state index < -0.39 is 17.1 Å². The number of rotatable bonds is 9. The number of aliphatic hydroxyl groups excluding tert-OH is 1. The van der Waals surface area contributed by atoms with E-state index in [1.165, 1.54) is 23.6 Å². The molecule has 0 aliphatic heterocycles. The van der Waals surface area contributed by atoms with Crippen molar-refractivity contribution in [2.45, 2.75) is 80.6 Å². The Morgan fingerprint density at radius 1 is 0.966 bits per heavy atom. The molecule has 29 heavy (non-hydrogen) atoms. The van der Waals surface area contributed by atoms with E-state index in [0.29, 0.717) is 12.0 Å². The zero-order valence-electron chi connectivity index (χ0n) is 19.0. The minimum atomic E-state index is -1.20. The van der Waals surface area contributed by atoms with Gasteiger partial charge in [-0.2, -0.15) is 0 Å². The second-order valence-corrected chi connectivity index (χ2v) is 8.60. The van der Waals surface area contributed by atoms with E-state index in [2.05, 4.69) is 32.9 Å². The molecule has 0 fully saturated rings. The fourth-order valence-corrected chi connectivity index (χ4v) is 3.56.